The fourth-order valence-corrected chi connectivity index (χ4v) is 3.48. The molecular formula is C21H23N3O2. The third kappa shape index (κ3) is 3.78. The van der Waals surface area contributed by atoms with E-state index in [1.54, 1.807) is 0 Å². The molecule has 1 aromatic heterocycles. The van der Waals surface area contributed by atoms with Crippen molar-refractivity contribution in [1.82, 2.24) is 14.8 Å². The maximum absolute atomic E-state index is 12.6. The highest BCUT2D eigenvalue weighted by Crippen LogP contribution is 2.18. The minimum absolute atomic E-state index is 0.184. The predicted octanol–water partition coefficient (Wildman–Crippen LogP) is 3.02. The molecule has 3 aromatic rings. The fraction of sp³-hybridized carbons (Fsp3) is 0.333. The molecule has 0 N–H and O–H groups in total. The third-order valence-corrected chi connectivity index (χ3v) is 4.89. The fourth-order valence-electron chi connectivity index (χ4n) is 3.48. The van der Waals surface area contributed by atoms with Crippen LogP contribution in [0.2, 0.25) is 0 Å². The largest absolute Gasteiger partial charge is 0.441 e. The van der Waals surface area contributed by atoms with E-state index in [9.17, 15) is 4.79 Å². The van der Waals surface area contributed by atoms with Gasteiger partial charge in [-0.25, -0.2) is 4.98 Å². The lowest BCUT2D eigenvalue weighted by molar-refractivity contribution is -0.132. The molecule has 5 nitrogen and oxygen atoms in total. The average Bonchev–Trinajstić information content (AvgIpc) is 3.02. The van der Waals surface area contributed by atoms with Crippen molar-refractivity contribution in [2.24, 2.45) is 0 Å². The summed E-state index contributed by atoms with van der Waals surface area (Å²) in [5, 5.41) is 0. The number of carbonyl (C=O) groups excluding carboxylic acids is 1. The second-order valence-electron chi connectivity index (χ2n) is 6.85. The van der Waals surface area contributed by atoms with Gasteiger partial charge in [-0.1, -0.05) is 36.4 Å². The van der Waals surface area contributed by atoms with Gasteiger partial charge >= 0.3 is 0 Å². The van der Waals surface area contributed by atoms with E-state index in [0.29, 0.717) is 12.3 Å². The summed E-state index contributed by atoms with van der Waals surface area (Å²) in [5.74, 6) is 0.835. The van der Waals surface area contributed by atoms with Gasteiger partial charge < -0.3 is 9.32 Å². The van der Waals surface area contributed by atoms with Gasteiger partial charge in [0.15, 0.2) is 11.5 Å². The summed E-state index contributed by atoms with van der Waals surface area (Å²) in [4.78, 5) is 21.4. The highest BCUT2D eigenvalue weighted by Gasteiger charge is 2.21. The molecule has 2 aromatic carbocycles. The molecule has 1 amide bonds. The summed E-state index contributed by atoms with van der Waals surface area (Å²) in [6.45, 7) is 6.20. The zero-order chi connectivity index (χ0) is 17.9. The van der Waals surface area contributed by atoms with Crippen LogP contribution in [0, 0.1) is 6.92 Å². The standard InChI is InChI=1S/C21H23N3O2/c1-16-22-19-13-18(7-8-20(19)26-16)14-21(25)24-11-9-23(10-12-24)15-17-5-3-2-4-6-17/h2-8,13H,9-12,14-15H2,1H3. The van der Waals surface area contributed by atoms with E-state index in [1.165, 1.54) is 5.56 Å². The van der Waals surface area contributed by atoms with Crippen LogP contribution in [-0.2, 0) is 17.8 Å². The summed E-state index contributed by atoms with van der Waals surface area (Å²) >= 11 is 0. The number of aromatic nitrogens is 1. The van der Waals surface area contributed by atoms with Crippen molar-refractivity contribution in [2.45, 2.75) is 19.9 Å². The first-order chi connectivity index (χ1) is 12.7. The Labute approximate surface area is 153 Å². The molecule has 4 rings (SSSR count). The molecule has 1 saturated heterocycles. The van der Waals surface area contributed by atoms with Crippen molar-refractivity contribution >= 4 is 17.0 Å². The topological polar surface area (TPSA) is 49.6 Å². The van der Waals surface area contributed by atoms with Crippen LogP contribution in [0.25, 0.3) is 11.1 Å². The van der Waals surface area contributed by atoms with Gasteiger partial charge in [0.2, 0.25) is 5.91 Å². The number of carbonyl (C=O) groups is 1. The lowest BCUT2D eigenvalue weighted by Crippen LogP contribution is -2.48. The number of amides is 1. The smallest absolute Gasteiger partial charge is 0.227 e. The first kappa shape index (κ1) is 16.8. The third-order valence-electron chi connectivity index (χ3n) is 4.89. The molecule has 0 bridgehead atoms. The normalized spacial score (nSPS) is 15.5. The molecule has 1 fully saturated rings. The van der Waals surface area contributed by atoms with Gasteiger partial charge in [-0.15, -0.1) is 0 Å². The molecule has 134 valence electrons. The highest BCUT2D eigenvalue weighted by molar-refractivity contribution is 5.81. The van der Waals surface area contributed by atoms with Gasteiger partial charge in [0, 0.05) is 39.6 Å². The molecule has 0 atom stereocenters. The van der Waals surface area contributed by atoms with Gasteiger partial charge in [0.25, 0.3) is 0 Å². The van der Waals surface area contributed by atoms with E-state index >= 15 is 0 Å². The number of hydrogen-bond acceptors (Lipinski definition) is 4. The minimum Gasteiger partial charge on any atom is -0.441 e. The Balaban J connectivity index is 1.32. The predicted molar refractivity (Wildman–Crippen MR) is 101 cm³/mol. The first-order valence-corrected chi connectivity index (χ1v) is 9.07. The van der Waals surface area contributed by atoms with Crippen LogP contribution in [0.1, 0.15) is 17.0 Å². The molecule has 0 spiro atoms. The summed E-state index contributed by atoms with van der Waals surface area (Å²) in [7, 11) is 0. The Hall–Kier alpha value is -2.66. The van der Waals surface area contributed by atoms with E-state index in [0.717, 1.165) is 49.4 Å². The Morgan fingerprint density at radius 1 is 1.04 bits per heavy atom. The van der Waals surface area contributed by atoms with E-state index in [-0.39, 0.29) is 5.91 Å². The number of benzene rings is 2. The second kappa shape index (κ2) is 7.30. The van der Waals surface area contributed by atoms with Crippen LogP contribution < -0.4 is 0 Å². The van der Waals surface area contributed by atoms with Crippen molar-refractivity contribution in [3.05, 3.63) is 65.5 Å². The van der Waals surface area contributed by atoms with Crippen molar-refractivity contribution in [3.8, 4) is 0 Å². The molecule has 26 heavy (non-hydrogen) atoms. The SMILES string of the molecule is Cc1nc2cc(CC(=O)N3CCN(Cc4ccccc4)CC3)ccc2o1. The number of aryl methyl sites for hydroxylation is 1. The quantitative estimate of drug-likeness (QED) is 0.726. The molecule has 0 unspecified atom stereocenters. The molecule has 0 aliphatic carbocycles. The van der Waals surface area contributed by atoms with Crippen molar-refractivity contribution < 1.29 is 9.21 Å². The first-order valence-electron chi connectivity index (χ1n) is 9.07. The van der Waals surface area contributed by atoms with Gasteiger partial charge in [-0.3, -0.25) is 9.69 Å². The monoisotopic (exact) mass is 349 g/mol. The number of oxazole rings is 1. The number of nitrogens with zero attached hydrogens (tertiary/aromatic N) is 3. The Morgan fingerprint density at radius 2 is 1.81 bits per heavy atom. The van der Waals surface area contributed by atoms with E-state index < -0.39 is 0 Å². The Kier molecular flexibility index (Phi) is 4.71. The zero-order valence-electron chi connectivity index (χ0n) is 15.0. The maximum atomic E-state index is 12.6. The minimum atomic E-state index is 0.184. The lowest BCUT2D eigenvalue weighted by atomic mass is 10.1. The van der Waals surface area contributed by atoms with Crippen LogP contribution >= 0.6 is 0 Å². The number of rotatable bonds is 4. The van der Waals surface area contributed by atoms with Crippen LogP contribution in [0.5, 0.6) is 0 Å². The van der Waals surface area contributed by atoms with Gasteiger partial charge in [-0.2, -0.15) is 0 Å². The van der Waals surface area contributed by atoms with Gasteiger partial charge in [0.1, 0.15) is 5.52 Å². The molecule has 0 radical (unpaired) electrons. The zero-order valence-corrected chi connectivity index (χ0v) is 15.0. The van der Waals surface area contributed by atoms with Crippen LogP contribution in [-0.4, -0.2) is 46.9 Å². The number of piperazine rings is 1. The van der Waals surface area contributed by atoms with Crippen molar-refractivity contribution in [3.63, 3.8) is 0 Å². The lowest BCUT2D eigenvalue weighted by Gasteiger charge is -2.34. The second-order valence-corrected chi connectivity index (χ2v) is 6.85. The summed E-state index contributed by atoms with van der Waals surface area (Å²) < 4.78 is 5.49. The van der Waals surface area contributed by atoms with Gasteiger partial charge in [-0.05, 0) is 23.3 Å². The Bertz CT molecular complexity index is 896. The van der Waals surface area contributed by atoms with Crippen molar-refractivity contribution in [2.75, 3.05) is 26.2 Å². The molecule has 1 aliphatic rings. The van der Waals surface area contributed by atoms with E-state index in [2.05, 4.69) is 34.1 Å². The average molecular weight is 349 g/mol. The molecule has 5 heteroatoms. The molecule has 1 aliphatic heterocycles. The van der Waals surface area contributed by atoms with Crippen LogP contribution in [0.15, 0.2) is 52.9 Å². The summed E-state index contributed by atoms with van der Waals surface area (Å²) in [6, 6.07) is 16.3. The van der Waals surface area contributed by atoms with Crippen LogP contribution in [0.3, 0.4) is 0 Å². The summed E-state index contributed by atoms with van der Waals surface area (Å²) in [6.07, 6.45) is 0.417. The Morgan fingerprint density at radius 3 is 2.58 bits per heavy atom. The highest BCUT2D eigenvalue weighted by atomic mass is 16.3. The van der Waals surface area contributed by atoms with Crippen molar-refractivity contribution in [1.29, 1.82) is 0 Å². The van der Waals surface area contributed by atoms with Crippen LogP contribution in [0.4, 0.5) is 0 Å². The van der Waals surface area contributed by atoms with Gasteiger partial charge in [0.05, 0.1) is 6.42 Å². The summed E-state index contributed by atoms with van der Waals surface area (Å²) in [5.41, 5.74) is 3.90. The number of hydrogen-bond donors (Lipinski definition) is 0. The number of fused-ring (bicyclic) bond motifs is 1. The maximum Gasteiger partial charge on any atom is 0.227 e. The molecule has 0 saturated carbocycles. The molecular weight excluding hydrogens is 326 g/mol. The molecule has 2 heterocycles. The van der Waals surface area contributed by atoms with E-state index in [4.69, 9.17) is 4.42 Å². The van der Waals surface area contributed by atoms with E-state index in [1.807, 2.05) is 36.1 Å².